The first-order valence-corrected chi connectivity index (χ1v) is 10.3. The maximum absolute atomic E-state index is 5.98. The molecule has 1 aromatic heterocycles. The van der Waals surface area contributed by atoms with Crippen LogP contribution < -0.4 is 15.4 Å². The molecular weight excluding hydrogens is 344 g/mol. The molecule has 3 rings (SSSR count). The molecule has 0 bridgehead atoms. The van der Waals surface area contributed by atoms with Gasteiger partial charge in [0.25, 0.3) is 0 Å². The van der Waals surface area contributed by atoms with Crippen molar-refractivity contribution in [2.75, 3.05) is 13.2 Å². The topological polar surface area (TPSA) is 58.5 Å². The number of benzene rings is 1. The standard InChI is InChI=1S/C20H28N4OS/c1-3-17-12-22-19(26-17)13-24-20(21-4-2)23-11-16-7-5-6-8-18(16)25-14-15-9-10-15/h5-8,12,15H,3-4,9-11,13-14H2,1-2H3,(H2,21,23,24). The van der Waals surface area contributed by atoms with Gasteiger partial charge in [0.05, 0.1) is 19.7 Å². The minimum absolute atomic E-state index is 0.592. The Hall–Kier alpha value is -2.08. The van der Waals surface area contributed by atoms with Gasteiger partial charge in [-0.05, 0) is 38.2 Å². The molecule has 1 aromatic carbocycles. The summed E-state index contributed by atoms with van der Waals surface area (Å²) in [7, 11) is 0. The summed E-state index contributed by atoms with van der Waals surface area (Å²) in [6.07, 6.45) is 5.58. The molecule has 0 aliphatic heterocycles. The summed E-state index contributed by atoms with van der Waals surface area (Å²) in [5.41, 5.74) is 1.12. The highest BCUT2D eigenvalue weighted by molar-refractivity contribution is 7.11. The van der Waals surface area contributed by atoms with Gasteiger partial charge in [-0.2, -0.15) is 0 Å². The maximum Gasteiger partial charge on any atom is 0.191 e. The number of guanidine groups is 1. The second kappa shape index (κ2) is 9.57. The third kappa shape index (κ3) is 5.73. The van der Waals surface area contributed by atoms with Crippen LogP contribution in [-0.2, 0) is 19.5 Å². The van der Waals surface area contributed by atoms with Crippen LogP contribution in [0.15, 0.2) is 35.5 Å². The first-order valence-electron chi connectivity index (χ1n) is 9.45. The van der Waals surface area contributed by atoms with Gasteiger partial charge in [0, 0.05) is 23.2 Å². The summed E-state index contributed by atoms with van der Waals surface area (Å²) in [6, 6.07) is 8.18. The van der Waals surface area contributed by atoms with Crippen molar-refractivity contribution in [1.29, 1.82) is 0 Å². The van der Waals surface area contributed by atoms with E-state index in [0.29, 0.717) is 13.1 Å². The Bertz CT molecular complexity index is 724. The van der Waals surface area contributed by atoms with Gasteiger partial charge in [0.2, 0.25) is 0 Å². The molecule has 1 heterocycles. The fourth-order valence-electron chi connectivity index (χ4n) is 2.53. The summed E-state index contributed by atoms with van der Waals surface area (Å²) in [4.78, 5) is 10.5. The molecule has 2 aromatic rings. The predicted octanol–water partition coefficient (Wildman–Crippen LogP) is 3.75. The summed E-state index contributed by atoms with van der Waals surface area (Å²) >= 11 is 1.75. The largest absolute Gasteiger partial charge is 0.493 e. The van der Waals surface area contributed by atoms with E-state index in [-0.39, 0.29) is 0 Å². The molecule has 1 saturated carbocycles. The van der Waals surface area contributed by atoms with E-state index in [1.165, 1.54) is 17.7 Å². The number of para-hydroxylation sites is 1. The van der Waals surface area contributed by atoms with Gasteiger partial charge in [0.15, 0.2) is 5.96 Å². The molecule has 140 valence electrons. The lowest BCUT2D eigenvalue weighted by atomic mass is 10.2. The van der Waals surface area contributed by atoms with Crippen molar-refractivity contribution in [2.24, 2.45) is 10.9 Å². The average molecular weight is 373 g/mol. The van der Waals surface area contributed by atoms with E-state index < -0.39 is 0 Å². The van der Waals surface area contributed by atoms with Crippen molar-refractivity contribution in [3.63, 3.8) is 0 Å². The fraction of sp³-hybridized carbons (Fsp3) is 0.500. The second-order valence-electron chi connectivity index (χ2n) is 6.48. The summed E-state index contributed by atoms with van der Waals surface area (Å²) in [6.45, 7) is 7.15. The molecule has 5 nitrogen and oxygen atoms in total. The summed E-state index contributed by atoms with van der Waals surface area (Å²) in [5.74, 6) is 2.50. The van der Waals surface area contributed by atoms with Crippen LogP contribution in [0.25, 0.3) is 0 Å². The minimum Gasteiger partial charge on any atom is -0.493 e. The summed E-state index contributed by atoms with van der Waals surface area (Å²) < 4.78 is 5.98. The van der Waals surface area contributed by atoms with Crippen molar-refractivity contribution in [1.82, 2.24) is 15.6 Å². The molecule has 6 heteroatoms. The molecule has 1 aliphatic carbocycles. The molecule has 0 radical (unpaired) electrons. The number of thiazole rings is 1. The number of rotatable bonds is 9. The van der Waals surface area contributed by atoms with E-state index in [9.17, 15) is 0 Å². The van der Waals surface area contributed by atoms with Crippen LogP contribution in [0.1, 0.15) is 42.1 Å². The van der Waals surface area contributed by atoms with Crippen molar-refractivity contribution < 1.29 is 4.74 Å². The van der Waals surface area contributed by atoms with Crippen molar-refractivity contribution in [2.45, 2.75) is 46.2 Å². The fourth-order valence-corrected chi connectivity index (χ4v) is 3.33. The normalized spacial score (nSPS) is 14.3. The lowest BCUT2D eigenvalue weighted by Crippen LogP contribution is -2.36. The lowest BCUT2D eigenvalue weighted by Gasteiger charge is -2.12. The number of hydrogen-bond donors (Lipinski definition) is 2. The van der Waals surface area contributed by atoms with Gasteiger partial charge in [-0.1, -0.05) is 25.1 Å². The molecule has 1 fully saturated rings. The monoisotopic (exact) mass is 372 g/mol. The van der Waals surface area contributed by atoms with E-state index in [4.69, 9.17) is 9.73 Å². The Morgan fingerprint density at radius 3 is 2.85 bits per heavy atom. The van der Waals surface area contributed by atoms with E-state index >= 15 is 0 Å². The molecule has 0 spiro atoms. The smallest absolute Gasteiger partial charge is 0.191 e. The number of ether oxygens (including phenoxy) is 1. The zero-order chi connectivity index (χ0) is 18.2. The number of nitrogens with zero attached hydrogens (tertiary/aromatic N) is 2. The highest BCUT2D eigenvalue weighted by Gasteiger charge is 2.22. The van der Waals surface area contributed by atoms with Crippen molar-refractivity contribution in [3.05, 3.63) is 45.9 Å². The zero-order valence-electron chi connectivity index (χ0n) is 15.6. The number of aryl methyl sites for hydroxylation is 1. The summed E-state index contributed by atoms with van der Waals surface area (Å²) in [5, 5.41) is 7.75. The molecule has 0 unspecified atom stereocenters. The van der Waals surface area contributed by atoms with Crippen LogP contribution in [0.4, 0.5) is 0 Å². The third-order valence-corrected chi connectivity index (χ3v) is 5.39. The highest BCUT2D eigenvalue weighted by atomic mass is 32.1. The first kappa shape index (κ1) is 18.7. The van der Waals surface area contributed by atoms with Crippen LogP contribution in [0.2, 0.25) is 0 Å². The Labute approximate surface area is 159 Å². The number of aromatic nitrogens is 1. The van der Waals surface area contributed by atoms with Crippen molar-refractivity contribution in [3.8, 4) is 5.75 Å². The Balaban J connectivity index is 1.59. The van der Waals surface area contributed by atoms with Gasteiger partial charge >= 0.3 is 0 Å². The quantitative estimate of drug-likeness (QED) is 0.520. The van der Waals surface area contributed by atoms with Crippen molar-refractivity contribution >= 4 is 17.3 Å². The van der Waals surface area contributed by atoms with Gasteiger partial charge < -0.3 is 15.4 Å². The molecule has 1 aliphatic rings. The molecule has 0 atom stereocenters. The van der Waals surface area contributed by atoms with E-state index in [2.05, 4.69) is 35.5 Å². The number of nitrogens with one attached hydrogen (secondary N) is 2. The van der Waals surface area contributed by atoms with Crippen LogP contribution in [0.3, 0.4) is 0 Å². The van der Waals surface area contributed by atoms with Gasteiger partial charge in [-0.25, -0.2) is 9.98 Å². The molecule has 26 heavy (non-hydrogen) atoms. The minimum atomic E-state index is 0.592. The SMILES string of the molecule is CCNC(=NCc1ccccc1OCC1CC1)NCc1ncc(CC)s1. The first-order chi connectivity index (χ1) is 12.8. The van der Waals surface area contributed by atoms with Crippen LogP contribution in [0.5, 0.6) is 5.75 Å². The Kier molecular flexibility index (Phi) is 6.89. The Morgan fingerprint density at radius 1 is 1.27 bits per heavy atom. The average Bonchev–Trinajstić information content (AvgIpc) is 3.39. The second-order valence-corrected chi connectivity index (χ2v) is 7.68. The predicted molar refractivity (Wildman–Crippen MR) is 108 cm³/mol. The lowest BCUT2D eigenvalue weighted by molar-refractivity contribution is 0.297. The third-order valence-electron chi connectivity index (χ3n) is 4.25. The van der Waals surface area contributed by atoms with Gasteiger partial charge in [0.1, 0.15) is 10.8 Å². The molecule has 0 saturated heterocycles. The molecule has 2 N–H and O–H groups in total. The zero-order valence-corrected chi connectivity index (χ0v) is 16.4. The van der Waals surface area contributed by atoms with Crippen LogP contribution in [-0.4, -0.2) is 24.1 Å². The van der Waals surface area contributed by atoms with Crippen LogP contribution >= 0.6 is 11.3 Å². The van der Waals surface area contributed by atoms with E-state index in [1.54, 1.807) is 11.3 Å². The van der Waals surface area contributed by atoms with Gasteiger partial charge in [-0.15, -0.1) is 11.3 Å². The number of hydrogen-bond acceptors (Lipinski definition) is 4. The highest BCUT2D eigenvalue weighted by Crippen LogP contribution is 2.30. The van der Waals surface area contributed by atoms with E-state index in [1.807, 2.05) is 24.4 Å². The maximum atomic E-state index is 5.98. The van der Waals surface area contributed by atoms with E-state index in [0.717, 1.165) is 47.8 Å². The molecular formula is C20H28N4OS. The Morgan fingerprint density at radius 2 is 2.12 bits per heavy atom. The molecule has 0 amide bonds. The van der Waals surface area contributed by atoms with Crippen LogP contribution in [0, 0.1) is 5.92 Å². The van der Waals surface area contributed by atoms with Gasteiger partial charge in [-0.3, -0.25) is 0 Å². The number of aliphatic imine (C=N–C) groups is 1.